The van der Waals surface area contributed by atoms with E-state index < -0.39 is 0 Å². The minimum Gasteiger partial charge on any atom is -0.337 e. The predicted octanol–water partition coefficient (Wildman–Crippen LogP) is 5.21. The quantitative estimate of drug-likeness (QED) is 0.502. The number of hydrogen-bond donors (Lipinski definition) is 1. The lowest BCUT2D eigenvalue weighted by Crippen LogP contribution is -2.26. The van der Waals surface area contributed by atoms with Crippen molar-refractivity contribution in [2.75, 3.05) is 18.1 Å². The molecule has 156 valence electrons. The Morgan fingerprint density at radius 3 is 2.55 bits per heavy atom. The molecule has 1 N–H and O–H groups in total. The lowest BCUT2D eigenvalue weighted by molar-refractivity contribution is -0.113. The van der Waals surface area contributed by atoms with E-state index in [0.717, 1.165) is 10.5 Å². The van der Waals surface area contributed by atoms with Gasteiger partial charge in [0.2, 0.25) is 5.91 Å². The number of halogens is 1. The molecule has 0 spiro atoms. The number of carbonyl (C=O) groups is 2. The van der Waals surface area contributed by atoms with Crippen LogP contribution in [0.25, 0.3) is 0 Å². The number of rotatable bonds is 7. The summed E-state index contributed by atoms with van der Waals surface area (Å²) >= 11 is 7.22. The molecule has 0 unspecified atom stereocenters. The van der Waals surface area contributed by atoms with Crippen LogP contribution in [0.5, 0.6) is 0 Å². The van der Waals surface area contributed by atoms with Crippen molar-refractivity contribution in [3.8, 4) is 6.07 Å². The summed E-state index contributed by atoms with van der Waals surface area (Å²) in [6, 6.07) is 23.4. The molecule has 0 radical (unpaired) electrons. The van der Waals surface area contributed by atoms with Gasteiger partial charge in [0.05, 0.1) is 22.9 Å². The average Bonchev–Trinajstić information content (AvgIpc) is 2.79. The van der Waals surface area contributed by atoms with Crippen molar-refractivity contribution < 1.29 is 9.59 Å². The van der Waals surface area contributed by atoms with E-state index in [4.69, 9.17) is 16.9 Å². The largest absolute Gasteiger partial charge is 0.337 e. The lowest BCUT2D eigenvalue weighted by atomic mass is 10.1. The Kier molecular flexibility index (Phi) is 7.71. The second-order valence-corrected chi connectivity index (χ2v) is 8.27. The highest BCUT2D eigenvalue weighted by Crippen LogP contribution is 2.24. The summed E-state index contributed by atoms with van der Waals surface area (Å²) in [7, 11) is 1.74. The molecule has 0 aliphatic rings. The van der Waals surface area contributed by atoms with E-state index in [2.05, 4.69) is 5.32 Å². The maximum absolute atomic E-state index is 13.0. The van der Waals surface area contributed by atoms with E-state index in [1.54, 1.807) is 60.5 Å². The van der Waals surface area contributed by atoms with Gasteiger partial charge in [-0.25, -0.2) is 0 Å². The van der Waals surface area contributed by atoms with Crippen molar-refractivity contribution in [3.05, 3.63) is 94.5 Å². The third-order valence-corrected chi connectivity index (χ3v) is 5.76. The van der Waals surface area contributed by atoms with Crippen LogP contribution >= 0.6 is 23.4 Å². The number of anilines is 1. The predicted molar refractivity (Wildman–Crippen MR) is 124 cm³/mol. The molecule has 3 aromatic rings. The molecule has 0 aromatic heterocycles. The minimum absolute atomic E-state index is 0.125. The van der Waals surface area contributed by atoms with Crippen molar-refractivity contribution in [3.63, 3.8) is 0 Å². The molecule has 0 fully saturated rings. The molecule has 0 aliphatic carbocycles. The lowest BCUT2D eigenvalue weighted by Gasteiger charge is -2.19. The molecule has 5 nitrogen and oxygen atoms in total. The number of nitrogens with zero attached hydrogens (tertiary/aromatic N) is 2. The first kappa shape index (κ1) is 22.4. The maximum Gasteiger partial charge on any atom is 0.255 e. The summed E-state index contributed by atoms with van der Waals surface area (Å²) in [5.41, 5.74) is 2.56. The van der Waals surface area contributed by atoms with Gasteiger partial charge in [0.1, 0.15) is 0 Å². The van der Waals surface area contributed by atoms with Crippen molar-refractivity contribution >= 4 is 40.9 Å². The highest BCUT2D eigenvalue weighted by atomic mass is 35.5. The third kappa shape index (κ3) is 6.35. The second-order valence-electron chi connectivity index (χ2n) is 6.81. The van der Waals surface area contributed by atoms with Crippen LogP contribution in [0.15, 0.2) is 77.7 Å². The Balaban J connectivity index is 1.64. The zero-order valence-corrected chi connectivity index (χ0v) is 18.4. The number of carbonyl (C=O) groups excluding carboxylic acids is 2. The van der Waals surface area contributed by atoms with Crippen LogP contribution in [0, 0.1) is 11.3 Å². The summed E-state index contributed by atoms with van der Waals surface area (Å²) in [5.74, 6) is -0.195. The van der Waals surface area contributed by atoms with E-state index in [1.807, 2.05) is 30.3 Å². The van der Waals surface area contributed by atoms with E-state index in [0.29, 0.717) is 28.4 Å². The standard InChI is InChI=1S/C24H20ClN3O2S/c1-28(15-17-9-11-19(25)12-10-17)24(30)21-7-2-3-8-22(21)31-16-23(29)27-20-6-4-5-18(13-20)14-26/h2-13H,15-16H2,1H3,(H,27,29). The monoisotopic (exact) mass is 449 g/mol. The molecular weight excluding hydrogens is 430 g/mol. The molecule has 0 saturated carbocycles. The molecule has 0 saturated heterocycles. The number of thioether (sulfide) groups is 1. The number of nitriles is 1. The fourth-order valence-corrected chi connectivity index (χ4v) is 3.89. The highest BCUT2D eigenvalue weighted by Gasteiger charge is 2.17. The molecule has 3 rings (SSSR count). The average molecular weight is 450 g/mol. The summed E-state index contributed by atoms with van der Waals surface area (Å²) in [5, 5.41) is 12.4. The number of amides is 2. The Labute approximate surface area is 190 Å². The van der Waals surface area contributed by atoms with Gasteiger partial charge >= 0.3 is 0 Å². The fourth-order valence-electron chi connectivity index (χ4n) is 2.92. The first-order valence-corrected chi connectivity index (χ1v) is 10.8. The Morgan fingerprint density at radius 2 is 1.81 bits per heavy atom. The van der Waals surface area contributed by atoms with Crippen LogP contribution in [0.4, 0.5) is 5.69 Å². The smallest absolute Gasteiger partial charge is 0.255 e. The molecule has 3 aromatic carbocycles. The summed E-state index contributed by atoms with van der Waals surface area (Å²) in [6.07, 6.45) is 0. The molecule has 0 aliphatic heterocycles. The van der Waals surface area contributed by atoms with Crippen molar-refractivity contribution in [1.29, 1.82) is 5.26 Å². The summed E-state index contributed by atoms with van der Waals surface area (Å²) < 4.78 is 0. The zero-order valence-electron chi connectivity index (χ0n) is 16.8. The number of benzene rings is 3. The van der Waals surface area contributed by atoms with Gasteiger partial charge in [-0.05, 0) is 48.0 Å². The Bertz CT molecular complexity index is 1130. The Hall–Kier alpha value is -3.27. The van der Waals surface area contributed by atoms with Gasteiger partial charge in [-0.3, -0.25) is 9.59 Å². The van der Waals surface area contributed by atoms with Gasteiger partial charge in [0, 0.05) is 29.2 Å². The highest BCUT2D eigenvalue weighted by molar-refractivity contribution is 8.00. The first-order valence-electron chi connectivity index (χ1n) is 9.48. The molecular formula is C24H20ClN3O2S. The van der Waals surface area contributed by atoms with Crippen LogP contribution in [0.1, 0.15) is 21.5 Å². The van der Waals surface area contributed by atoms with Gasteiger partial charge < -0.3 is 10.2 Å². The van der Waals surface area contributed by atoms with Gasteiger partial charge in [0.25, 0.3) is 5.91 Å². The fraction of sp³-hybridized carbons (Fsp3) is 0.125. The van der Waals surface area contributed by atoms with E-state index in [9.17, 15) is 9.59 Å². The van der Waals surface area contributed by atoms with E-state index in [-0.39, 0.29) is 17.6 Å². The normalized spacial score (nSPS) is 10.2. The SMILES string of the molecule is CN(Cc1ccc(Cl)cc1)C(=O)c1ccccc1SCC(=O)Nc1cccc(C#N)c1. The van der Waals surface area contributed by atoms with E-state index >= 15 is 0 Å². The van der Waals surface area contributed by atoms with Gasteiger partial charge in [-0.1, -0.05) is 41.9 Å². The summed E-state index contributed by atoms with van der Waals surface area (Å²) in [6.45, 7) is 0.449. The van der Waals surface area contributed by atoms with Crippen molar-refractivity contribution in [2.24, 2.45) is 0 Å². The number of nitrogens with one attached hydrogen (secondary N) is 1. The van der Waals surface area contributed by atoms with Gasteiger partial charge in [0.15, 0.2) is 0 Å². The molecule has 2 amide bonds. The van der Waals surface area contributed by atoms with Crippen LogP contribution in [-0.4, -0.2) is 29.5 Å². The van der Waals surface area contributed by atoms with Crippen LogP contribution in [0.2, 0.25) is 5.02 Å². The van der Waals surface area contributed by atoms with E-state index in [1.165, 1.54) is 11.8 Å². The molecule has 0 heterocycles. The van der Waals surface area contributed by atoms with Crippen LogP contribution in [0.3, 0.4) is 0 Å². The summed E-state index contributed by atoms with van der Waals surface area (Å²) in [4.78, 5) is 27.7. The Morgan fingerprint density at radius 1 is 1.06 bits per heavy atom. The molecule has 31 heavy (non-hydrogen) atoms. The molecule has 0 atom stereocenters. The van der Waals surface area contributed by atoms with Gasteiger partial charge in [-0.15, -0.1) is 11.8 Å². The zero-order chi connectivity index (χ0) is 22.2. The third-order valence-electron chi connectivity index (χ3n) is 4.43. The van der Waals surface area contributed by atoms with Crippen LogP contribution in [-0.2, 0) is 11.3 Å². The number of hydrogen-bond acceptors (Lipinski definition) is 4. The molecule has 0 bridgehead atoms. The maximum atomic E-state index is 13.0. The van der Waals surface area contributed by atoms with Crippen molar-refractivity contribution in [1.82, 2.24) is 4.90 Å². The minimum atomic E-state index is -0.211. The van der Waals surface area contributed by atoms with Gasteiger partial charge in [-0.2, -0.15) is 5.26 Å². The van der Waals surface area contributed by atoms with Crippen LogP contribution < -0.4 is 5.32 Å². The molecule has 7 heteroatoms. The van der Waals surface area contributed by atoms with Crippen molar-refractivity contribution in [2.45, 2.75) is 11.4 Å². The first-order chi connectivity index (χ1) is 15.0. The topological polar surface area (TPSA) is 73.2 Å². The second kappa shape index (κ2) is 10.7.